The average molecular weight is 794 g/mol. The van der Waals surface area contributed by atoms with Crippen LogP contribution in [0.5, 0.6) is 0 Å². The average Bonchev–Trinajstić information content (AvgIpc) is 3.15. The van der Waals surface area contributed by atoms with Crippen LogP contribution in [0.2, 0.25) is 0 Å². The van der Waals surface area contributed by atoms with Crippen molar-refractivity contribution in [1.29, 1.82) is 0 Å². The Hall–Kier alpha value is -5.42. The number of aliphatic carboxylic acids is 1. The number of aliphatic imine (C=N–C) groups is 1. The number of nitrogens with two attached hydrogens (primary N) is 2. The summed E-state index contributed by atoms with van der Waals surface area (Å²) in [6.07, 6.45) is -8.57. The van der Waals surface area contributed by atoms with Crippen LogP contribution >= 0.6 is 0 Å². The molecule has 0 aromatic heterocycles. The number of aliphatic hydroxyl groups excluding tert-OH is 4. The van der Waals surface area contributed by atoms with E-state index in [1.807, 2.05) is 0 Å². The Bertz CT molecular complexity index is 1560. The second kappa shape index (κ2) is 22.2. The molecule has 2 aliphatic heterocycles. The summed E-state index contributed by atoms with van der Waals surface area (Å²) in [4.78, 5) is 95.3. The van der Waals surface area contributed by atoms with Gasteiger partial charge in [0.2, 0.25) is 29.5 Å². The topological polar surface area (TPSA) is 366 Å². The second-order valence-corrected chi connectivity index (χ2v) is 13.3. The fourth-order valence-corrected chi connectivity index (χ4v) is 5.94. The van der Waals surface area contributed by atoms with E-state index in [9.17, 15) is 59.1 Å². The number of nitrogens with zero attached hydrogens (tertiary/aromatic N) is 1. The summed E-state index contributed by atoms with van der Waals surface area (Å²) in [6, 6.07) is 2.87. The van der Waals surface area contributed by atoms with Crippen LogP contribution in [0.25, 0.3) is 0 Å². The number of aliphatic hydroxyl groups is 4. The second-order valence-electron chi connectivity index (χ2n) is 13.3. The molecule has 0 aliphatic carbocycles. The van der Waals surface area contributed by atoms with E-state index in [-0.39, 0.29) is 57.6 Å². The summed E-state index contributed by atoms with van der Waals surface area (Å²) < 4.78 is 5.26. The van der Waals surface area contributed by atoms with Crippen LogP contribution < -0.4 is 43.4 Å². The van der Waals surface area contributed by atoms with E-state index in [0.29, 0.717) is 5.56 Å². The van der Waals surface area contributed by atoms with Gasteiger partial charge in [0.15, 0.2) is 12.1 Å². The van der Waals surface area contributed by atoms with Gasteiger partial charge in [0.1, 0.15) is 48.6 Å². The largest absolute Gasteiger partial charge is 0.481 e. The van der Waals surface area contributed by atoms with Crippen molar-refractivity contribution >= 4 is 47.4 Å². The molecule has 3 rings (SSSR count). The number of carbonyl (C=O) groups excluding carboxylic acids is 6. The van der Waals surface area contributed by atoms with Gasteiger partial charge in [0.05, 0.1) is 19.6 Å². The van der Waals surface area contributed by atoms with Crippen LogP contribution in [0.3, 0.4) is 0 Å². The molecule has 0 radical (unpaired) electrons. The normalized spacial score (nSPS) is 27.9. The highest BCUT2D eigenvalue weighted by Crippen LogP contribution is 2.21. The van der Waals surface area contributed by atoms with Crippen LogP contribution in [0.15, 0.2) is 35.3 Å². The Morgan fingerprint density at radius 2 is 1.39 bits per heavy atom. The van der Waals surface area contributed by atoms with Crippen molar-refractivity contribution in [2.24, 2.45) is 16.5 Å². The van der Waals surface area contributed by atoms with E-state index >= 15 is 0 Å². The number of guanidine groups is 1. The van der Waals surface area contributed by atoms with Crippen molar-refractivity contribution in [2.75, 3.05) is 26.2 Å². The molecule has 0 unspecified atom stereocenters. The molecule has 2 saturated heterocycles. The zero-order valence-corrected chi connectivity index (χ0v) is 30.5. The maximum atomic E-state index is 13.9. The number of nitrogens with one attached hydrogen (secondary N) is 6. The lowest BCUT2D eigenvalue weighted by Gasteiger charge is -2.39. The first kappa shape index (κ1) is 45.0. The number of unbranched alkanes of at least 4 members (excludes halogenated alkanes) is 1. The highest BCUT2D eigenvalue weighted by atomic mass is 16.5. The summed E-state index contributed by atoms with van der Waals surface area (Å²) in [6.45, 7) is -1.37. The van der Waals surface area contributed by atoms with Gasteiger partial charge < -0.3 is 73.6 Å². The molecule has 310 valence electrons. The molecule has 0 bridgehead atoms. The van der Waals surface area contributed by atoms with Gasteiger partial charge >= 0.3 is 5.97 Å². The number of carboxylic acid groups (broad SMARTS) is 1. The Morgan fingerprint density at radius 1 is 0.786 bits per heavy atom. The zero-order valence-electron chi connectivity index (χ0n) is 30.5. The van der Waals surface area contributed by atoms with Gasteiger partial charge in [-0.3, -0.25) is 38.6 Å². The number of carboxylic acids is 1. The van der Waals surface area contributed by atoms with Gasteiger partial charge in [-0.1, -0.05) is 30.3 Å². The Labute approximate surface area is 321 Å². The van der Waals surface area contributed by atoms with Gasteiger partial charge in [0, 0.05) is 19.5 Å². The molecule has 0 saturated carbocycles. The molecule has 9 atom stereocenters. The predicted octanol–water partition coefficient (Wildman–Crippen LogP) is -6.04. The molecule has 6 amide bonds. The number of hydrogen-bond donors (Lipinski definition) is 13. The van der Waals surface area contributed by atoms with Gasteiger partial charge in [-0.25, -0.2) is 0 Å². The van der Waals surface area contributed by atoms with Crippen molar-refractivity contribution in [3.63, 3.8) is 0 Å². The van der Waals surface area contributed by atoms with Crippen molar-refractivity contribution in [3.05, 3.63) is 35.9 Å². The molecule has 15 N–H and O–H groups in total. The first-order valence-corrected chi connectivity index (χ1v) is 18.0. The lowest BCUT2D eigenvalue weighted by molar-refractivity contribution is -0.226. The van der Waals surface area contributed by atoms with Crippen molar-refractivity contribution in [1.82, 2.24) is 31.9 Å². The zero-order chi connectivity index (χ0) is 41.4. The predicted molar refractivity (Wildman–Crippen MR) is 194 cm³/mol. The molecule has 56 heavy (non-hydrogen) atoms. The fourth-order valence-electron chi connectivity index (χ4n) is 5.94. The van der Waals surface area contributed by atoms with E-state index in [2.05, 4.69) is 36.9 Å². The molecule has 2 aliphatic rings. The monoisotopic (exact) mass is 793 g/mol. The van der Waals surface area contributed by atoms with Crippen LogP contribution in [0.1, 0.15) is 44.1 Å². The van der Waals surface area contributed by atoms with Gasteiger partial charge in [-0.2, -0.15) is 0 Å². The number of amides is 6. The van der Waals surface area contributed by atoms with Crippen LogP contribution in [-0.2, 0) is 44.7 Å². The summed E-state index contributed by atoms with van der Waals surface area (Å²) in [7, 11) is 0. The number of benzene rings is 1. The molecule has 2 heterocycles. The maximum Gasteiger partial charge on any atom is 0.305 e. The minimum Gasteiger partial charge on any atom is -0.481 e. The van der Waals surface area contributed by atoms with Crippen LogP contribution in [0, 0.1) is 0 Å². The quantitative estimate of drug-likeness (QED) is 0.0447. The number of rotatable bonds is 15. The van der Waals surface area contributed by atoms with Crippen molar-refractivity contribution in [2.45, 2.75) is 99.6 Å². The molecule has 0 spiro atoms. The van der Waals surface area contributed by atoms with Crippen LogP contribution in [0.4, 0.5) is 0 Å². The first-order valence-electron chi connectivity index (χ1n) is 18.0. The van der Waals surface area contributed by atoms with E-state index in [1.54, 1.807) is 30.3 Å². The highest BCUT2D eigenvalue weighted by Gasteiger charge is 2.46. The number of ether oxygens (including phenoxy) is 1. The van der Waals surface area contributed by atoms with E-state index in [0.717, 1.165) is 0 Å². The standard InChI is InChI=1S/C34H51N9O13/c35-34(36)38-12-6-10-18-29(51)39-15-23(45)40-21(14-24(46)47)32(54)43-20(13-17-7-2-1-3-8-17)31(53)42-19(30(52)41-18)9-4-5-11-37-33(55)28-27(50)26(49)25(48)22(16-44)56-28/h1-3,7-8,18-22,25-28,44,48-50H,4-6,9-16H2,(H,37,55)(H,39,51)(H,40,45)(H,41,52)(H,42,53)(H,43,54)(H,46,47)(H4,35,36,38)/t18-,19-,20+,21-,22-,25-,26+,27-,28-/m0/s1. The van der Waals surface area contributed by atoms with Crippen LogP contribution in [-0.4, -0.2) is 154 Å². The minimum absolute atomic E-state index is 0.0149. The molecular formula is C34H51N9O13. The van der Waals surface area contributed by atoms with E-state index in [1.165, 1.54) is 0 Å². The molecule has 2 fully saturated rings. The SMILES string of the molecule is NC(N)=NCCC[C@@H]1NC(=O)[C@H](CCCCNC(=O)[C@H]2O[C@@H](CO)[C@H](O)[C@@H](O)[C@@H]2O)NC(=O)[C@@H](Cc2ccccc2)NC(=O)[C@H](CC(=O)O)NC(=O)CNC1=O. The van der Waals surface area contributed by atoms with Gasteiger partial charge in [0.25, 0.3) is 5.91 Å². The van der Waals surface area contributed by atoms with Gasteiger partial charge in [-0.05, 0) is 37.7 Å². The molecule has 22 nitrogen and oxygen atoms in total. The Kier molecular flexibility index (Phi) is 17.8. The minimum atomic E-state index is -1.79. The summed E-state index contributed by atoms with van der Waals surface area (Å²) >= 11 is 0. The summed E-state index contributed by atoms with van der Waals surface area (Å²) in [5.74, 6) is -6.86. The third kappa shape index (κ3) is 14.0. The van der Waals surface area contributed by atoms with E-state index in [4.69, 9.17) is 16.2 Å². The highest BCUT2D eigenvalue weighted by molar-refractivity contribution is 5.98. The third-order valence-electron chi connectivity index (χ3n) is 8.95. The van der Waals surface area contributed by atoms with Crippen molar-refractivity contribution in [3.8, 4) is 0 Å². The smallest absolute Gasteiger partial charge is 0.305 e. The molecule has 1 aromatic rings. The van der Waals surface area contributed by atoms with E-state index < -0.39 is 116 Å². The lowest BCUT2D eigenvalue weighted by Crippen LogP contribution is -2.62. The third-order valence-corrected chi connectivity index (χ3v) is 8.95. The maximum absolute atomic E-state index is 13.9. The van der Waals surface area contributed by atoms with Crippen molar-refractivity contribution < 1.29 is 63.8 Å². The molecule has 22 heteroatoms. The lowest BCUT2D eigenvalue weighted by atomic mass is 9.94. The fraction of sp³-hybridized carbons (Fsp3) is 0.588. The molecular weight excluding hydrogens is 742 g/mol. The number of hydrogen-bond acceptors (Lipinski definition) is 13. The number of carbonyl (C=O) groups is 7. The Morgan fingerprint density at radius 3 is 2.04 bits per heavy atom. The summed E-state index contributed by atoms with van der Waals surface area (Å²) in [5.41, 5.74) is 11.4. The van der Waals surface area contributed by atoms with Gasteiger partial charge in [-0.15, -0.1) is 0 Å². The Balaban J connectivity index is 1.84. The summed E-state index contributed by atoms with van der Waals surface area (Å²) in [5, 5.41) is 63.9. The first-order chi connectivity index (χ1) is 26.6. The molecule has 1 aromatic carbocycles.